The summed E-state index contributed by atoms with van der Waals surface area (Å²) in [6.45, 7) is 2.92. The highest BCUT2D eigenvalue weighted by molar-refractivity contribution is 6.01. The van der Waals surface area contributed by atoms with Gasteiger partial charge in [-0.2, -0.15) is 0 Å². The fourth-order valence-corrected chi connectivity index (χ4v) is 2.56. The van der Waals surface area contributed by atoms with Crippen molar-refractivity contribution >= 4 is 17.3 Å². The molecule has 0 aromatic heterocycles. The summed E-state index contributed by atoms with van der Waals surface area (Å²) in [4.78, 5) is 13.9. The minimum absolute atomic E-state index is 0.142. The highest BCUT2D eigenvalue weighted by Gasteiger charge is 2.29. The van der Waals surface area contributed by atoms with E-state index in [-0.39, 0.29) is 11.9 Å². The van der Waals surface area contributed by atoms with E-state index in [4.69, 9.17) is 10.5 Å². The van der Waals surface area contributed by atoms with Gasteiger partial charge in [0.2, 0.25) is 5.91 Å². The van der Waals surface area contributed by atoms with Gasteiger partial charge >= 0.3 is 0 Å². The smallest absolute Gasteiger partial charge is 0.231 e. The molecule has 96 valence electrons. The Bertz CT molecular complexity index is 469. The average molecular weight is 247 g/mol. The number of rotatable bonds is 2. The molecule has 0 saturated carbocycles. The van der Waals surface area contributed by atoms with Gasteiger partial charge < -0.3 is 20.7 Å². The molecule has 1 fully saturated rings. The first-order valence-electron chi connectivity index (χ1n) is 6.24. The highest BCUT2D eigenvalue weighted by Crippen LogP contribution is 2.30. The number of hydrogen-bond donors (Lipinski definition) is 2. The van der Waals surface area contributed by atoms with Crippen LogP contribution in [-0.4, -0.2) is 38.3 Å². The van der Waals surface area contributed by atoms with Crippen molar-refractivity contribution in [1.29, 1.82) is 0 Å². The predicted molar refractivity (Wildman–Crippen MR) is 69.5 cm³/mol. The van der Waals surface area contributed by atoms with Crippen LogP contribution in [0.5, 0.6) is 0 Å². The van der Waals surface area contributed by atoms with Crippen LogP contribution in [0, 0.1) is 0 Å². The van der Waals surface area contributed by atoms with Gasteiger partial charge in [0.05, 0.1) is 19.6 Å². The number of hydrogen-bond acceptors (Lipinski definition) is 4. The fourth-order valence-electron chi connectivity index (χ4n) is 2.56. The summed E-state index contributed by atoms with van der Waals surface area (Å²) in [5, 5.41) is 3.37. The molecule has 0 radical (unpaired) electrons. The van der Waals surface area contributed by atoms with Crippen LogP contribution < -0.4 is 16.0 Å². The molecule has 2 heterocycles. The van der Waals surface area contributed by atoms with Gasteiger partial charge in [-0.15, -0.1) is 0 Å². The lowest BCUT2D eigenvalue weighted by Crippen LogP contribution is -2.49. The molecule has 0 bridgehead atoms. The Kier molecular flexibility index (Phi) is 2.93. The normalized spacial score (nSPS) is 23.2. The standard InChI is InChI=1S/C13H17N3O2/c14-10-1-2-12-9(5-10)6-13(17)16(12)7-11-8-18-4-3-15-11/h1-2,5,11,15H,3-4,6-8,14H2. The zero-order valence-corrected chi connectivity index (χ0v) is 10.2. The molecule has 5 nitrogen and oxygen atoms in total. The quantitative estimate of drug-likeness (QED) is 0.730. The molecule has 1 saturated heterocycles. The number of nitrogens with one attached hydrogen (secondary N) is 1. The second-order valence-corrected chi connectivity index (χ2v) is 4.80. The van der Waals surface area contributed by atoms with Crippen LogP contribution in [0.1, 0.15) is 5.56 Å². The number of amides is 1. The molecule has 18 heavy (non-hydrogen) atoms. The minimum atomic E-state index is 0.142. The van der Waals surface area contributed by atoms with E-state index in [2.05, 4.69) is 5.32 Å². The van der Waals surface area contributed by atoms with Crippen molar-refractivity contribution < 1.29 is 9.53 Å². The van der Waals surface area contributed by atoms with Gasteiger partial charge in [-0.25, -0.2) is 0 Å². The third kappa shape index (κ3) is 2.07. The van der Waals surface area contributed by atoms with Crippen LogP contribution in [0.3, 0.4) is 0 Å². The van der Waals surface area contributed by atoms with Gasteiger partial charge in [0.25, 0.3) is 0 Å². The van der Waals surface area contributed by atoms with Crippen molar-refractivity contribution in [2.45, 2.75) is 12.5 Å². The summed E-state index contributed by atoms with van der Waals surface area (Å²) < 4.78 is 5.41. The van der Waals surface area contributed by atoms with Crippen molar-refractivity contribution in [1.82, 2.24) is 5.32 Å². The predicted octanol–water partition coefficient (Wildman–Crippen LogP) is 0.146. The molecule has 2 aliphatic heterocycles. The van der Waals surface area contributed by atoms with Crippen molar-refractivity contribution in [3.63, 3.8) is 0 Å². The fraction of sp³-hybridized carbons (Fsp3) is 0.462. The highest BCUT2D eigenvalue weighted by atomic mass is 16.5. The van der Waals surface area contributed by atoms with Gasteiger partial charge in [-0.05, 0) is 23.8 Å². The third-order valence-corrected chi connectivity index (χ3v) is 3.44. The maximum atomic E-state index is 12.0. The molecular formula is C13H17N3O2. The number of nitrogens with zero attached hydrogens (tertiary/aromatic N) is 1. The van der Waals surface area contributed by atoms with Crippen LogP contribution >= 0.6 is 0 Å². The summed E-state index contributed by atoms with van der Waals surface area (Å²) >= 11 is 0. The van der Waals surface area contributed by atoms with E-state index in [1.165, 1.54) is 0 Å². The molecule has 1 atom stereocenters. The Balaban J connectivity index is 1.78. The number of ether oxygens (including phenoxy) is 1. The van der Waals surface area contributed by atoms with Crippen LogP contribution in [0.2, 0.25) is 0 Å². The Morgan fingerprint density at radius 2 is 2.39 bits per heavy atom. The molecule has 0 spiro atoms. The molecule has 1 unspecified atom stereocenters. The number of nitrogens with two attached hydrogens (primary N) is 1. The lowest BCUT2D eigenvalue weighted by atomic mass is 10.1. The molecular weight excluding hydrogens is 230 g/mol. The molecule has 1 aromatic carbocycles. The van der Waals surface area contributed by atoms with E-state index in [1.807, 2.05) is 23.1 Å². The van der Waals surface area contributed by atoms with Crippen LogP contribution in [0.4, 0.5) is 11.4 Å². The lowest BCUT2D eigenvalue weighted by molar-refractivity contribution is -0.117. The van der Waals surface area contributed by atoms with Gasteiger partial charge in [0.1, 0.15) is 0 Å². The Labute approximate surface area is 106 Å². The number of fused-ring (bicyclic) bond motifs is 1. The molecule has 1 amide bonds. The largest absolute Gasteiger partial charge is 0.399 e. The Hall–Kier alpha value is -1.59. The maximum Gasteiger partial charge on any atom is 0.231 e. The molecule has 0 aliphatic carbocycles. The second-order valence-electron chi connectivity index (χ2n) is 4.80. The summed E-state index contributed by atoms with van der Waals surface area (Å²) in [6, 6.07) is 5.87. The molecule has 3 rings (SSSR count). The van der Waals surface area contributed by atoms with Crippen molar-refractivity contribution in [3.8, 4) is 0 Å². The van der Waals surface area contributed by atoms with E-state index in [9.17, 15) is 4.79 Å². The topological polar surface area (TPSA) is 67.6 Å². The van der Waals surface area contributed by atoms with Crippen molar-refractivity contribution in [2.24, 2.45) is 0 Å². The van der Waals surface area contributed by atoms with Crippen LogP contribution in [-0.2, 0) is 16.0 Å². The SMILES string of the molecule is Nc1ccc2c(c1)CC(=O)N2CC1COCCN1. The molecule has 2 aliphatic rings. The zero-order valence-electron chi connectivity index (χ0n) is 10.2. The monoisotopic (exact) mass is 247 g/mol. The maximum absolute atomic E-state index is 12.0. The van der Waals surface area contributed by atoms with Crippen molar-refractivity contribution in [2.75, 3.05) is 36.9 Å². The molecule has 1 aromatic rings. The zero-order chi connectivity index (χ0) is 12.5. The third-order valence-electron chi connectivity index (χ3n) is 3.44. The lowest BCUT2D eigenvalue weighted by Gasteiger charge is -2.28. The first kappa shape index (κ1) is 11.5. The van der Waals surface area contributed by atoms with E-state index in [0.717, 1.165) is 24.4 Å². The average Bonchev–Trinajstić information content (AvgIpc) is 2.66. The van der Waals surface area contributed by atoms with Gasteiger partial charge in [0.15, 0.2) is 0 Å². The van der Waals surface area contributed by atoms with E-state index >= 15 is 0 Å². The first-order chi connectivity index (χ1) is 8.74. The van der Waals surface area contributed by atoms with E-state index in [1.54, 1.807) is 0 Å². The molecule has 5 heteroatoms. The summed E-state index contributed by atoms with van der Waals surface area (Å²) in [7, 11) is 0. The minimum Gasteiger partial charge on any atom is -0.399 e. The number of benzene rings is 1. The van der Waals surface area contributed by atoms with Crippen LogP contribution in [0.25, 0.3) is 0 Å². The Morgan fingerprint density at radius 3 is 3.17 bits per heavy atom. The number of nitrogen functional groups attached to an aromatic ring is 1. The number of carbonyl (C=O) groups excluding carboxylic acids is 1. The van der Waals surface area contributed by atoms with Gasteiger partial charge in [-0.1, -0.05) is 0 Å². The van der Waals surface area contributed by atoms with Crippen LogP contribution in [0.15, 0.2) is 18.2 Å². The number of carbonyl (C=O) groups is 1. The summed E-state index contributed by atoms with van der Waals surface area (Å²) in [5.74, 6) is 0.142. The van der Waals surface area contributed by atoms with Gasteiger partial charge in [-0.3, -0.25) is 4.79 Å². The van der Waals surface area contributed by atoms with E-state index in [0.29, 0.717) is 25.3 Å². The first-order valence-corrected chi connectivity index (χ1v) is 6.24. The summed E-state index contributed by atoms with van der Waals surface area (Å²) in [6.07, 6.45) is 0.452. The van der Waals surface area contributed by atoms with Crippen molar-refractivity contribution in [3.05, 3.63) is 23.8 Å². The van der Waals surface area contributed by atoms with Gasteiger partial charge in [0, 0.05) is 30.5 Å². The Morgan fingerprint density at radius 1 is 1.50 bits per heavy atom. The molecule has 3 N–H and O–H groups in total. The second kappa shape index (κ2) is 4.59. The number of morpholine rings is 1. The van der Waals surface area contributed by atoms with E-state index < -0.39 is 0 Å². The number of anilines is 2. The summed E-state index contributed by atoms with van der Waals surface area (Å²) in [5.41, 5.74) is 8.47.